The molecule has 2 aromatic heterocycles. The lowest BCUT2D eigenvalue weighted by atomic mass is 10.3. The Morgan fingerprint density at radius 2 is 2.05 bits per heavy atom. The first-order valence-corrected chi connectivity index (χ1v) is 6.87. The molecule has 3 aromatic rings. The largest absolute Gasteiger partial charge is 0.384 e. The molecule has 96 valence electrons. The molecule has 2 N–H and O–H groups in total. The van der Waals surface area contributed by atoms with Gasteiger partial charge in [-0.1, -0.05) is 22.0 Å². The minimum Gasteiger partial charge on any atom is -0.384 e. The van der Waals surface area contributed by atoms with Gasteiger partial charge >= 0.3 is 0 Å². The Kier molecular flexibility index (Phi) is 2.98. The lowest BCUT2D eigenvalue weighted by Crippen LogP contribution is -2.00. The Morgan fingerprint density at radius 3 is 2.79 bits per heavy atom. The Labute approximate surface area is 119 Å². The van der Waals surface area contributed by atoms with Crippen LogP contribution in [0.25, 0.3) is 22.6 Å². The zero-order valence-corrected chi connectivity index (χ0v) is 12.1. The molecule has 0 fully saturated rings. The van der Waals surface area contributed by atoms with Crippen LogP contribution in [0.5, 0.6) is 0 Å². The third-order valence-corrected chi connectivity index (χ3v) is 3.52. The van der Waals surface area contributed by atoms with Crippen molar-refractivity contribution in [2.24, 2.45) is 0 Å². The van der Waals surface area contributed by atoms with E-state index < -0.39 is 0 Å². The number of imidazole rings is 1. The van der Waals surface area contributed by atoms with Gasteiger partial charge in [0.2, 0.25) is 0 Å². The van der Waals surface area contributed by atoms with Crippen molar-refractivity contribution < 1.29 is 0 Å². The van der Waals surface area contributed by atoms with E-state index in [4.69, 9.17) is 5.73 Å². The molecule has 0 aliphatic carbocycles. The number of hydrogen-bond donors (Lipinski definition) is 1. The second-order valence-electron chi connectivity index (χ2n) is 4.26. The number of fused-ring (bicyclic) bond motifs is 1. The second-order valence-corrected chi connectivity index (χ2v) is 5.18. The lowest BCUT2D eigenvalue weighted by molar-refractivity contribution is 0.793. The second kappa shape index (κ2) is 4.66. The maximum Gasteiger partial charge on any atom is 0.159 e. The number of nitrogens with two attached hydrogens (primary N) is 1. The van der Waals surface area contributed by atoms with Crippen molar-refractivity contribution >= 4 is 32.8 Å². The summed E-state index contributed by atoms with van der Waals surface area (Å²) in [4.78, 5) is 9.02. The molecule has 0 aliphatic heterocycles. The number of aryl methyl sites for hydroxylation is 1. The topological polar surface area (TPSA) is 56.7 Å². The van der Waals surface area contributed by atoms with Gasteiger partial charge < -0.3 is 10.3 Å². The molecule has 2 heterocycles. The average molecular weight is 317 g/mol. The van der Waals surface area contributed by atoms with Crippen LogP contribution in [-0.4, -0.2) is 14.5 Å². The highest BCUT2D eigenvalue weighted by atomic mass is 79.9. The van der Waals surface area contributed by atoms with Crippen LogP contribution < -0.4 is 5.73 Å². The number of anilines is 1. The van der Waals surface area contributed by atoms with Gasteiger partial charge in [-0.3, -0.25) is 0 Å². The number of benzene rings is 1. The molecule has 0 radical (unpaired) electrons. The highest BCUT2D eigenvalue weighted by molar-refractivity contribution is 9.10. The molecule has 0 unspecified atom stereocenters. The monoisotopic (exact) mass is 316 g/mol. The van der Waals surface area contributed by atoms with Gasteiger partial charge in [0.25, 0.3) is 0 Å². The molecule has 19 heavy (non-hydrogen) atoms. The van der Waals surface area contributed by atoms with E-state index in [0.29, 0.717) is 5.82 Å². The van der Waals surface area contributed by atoms with Gasteiger partial charge in [0.1, 0.15) is 11.5 Å². The van der Waals surface area contributed by atoms with Crippen LogP contribution in [0.2, 0.25) is 0 Å². The molecule has 0 aliphatic rings. The van der Waals surface area contributed by atoms with E-state index in [0.717, 1.165) is 33.6 Å². The highest BCUT2D eigenvalue weighted by Crippen LogP contribution is 2.26. The molecule has 0 saturated heterocycles. The third-order valence-electron chi connectivity index (χ3n) is 3.03. The SMILES string of the molecule is CCn1c(-c2cccc(N)n2)nc2cc(Br)ccc21. The van der Waals surface area contributed by atoms with Gasteiger partial charge in [0.05, 0.1) is 11.0 Å². The number of hydrogen-bond acceptors (Lipinski definition) is 3. The molecule has 4 nitrogen and oxygen atoms in total. The predicted molar refractivity (Wildman–Crippen MR) is 80.8 cm³/mol. The quantitative estimate of drug-likeness (QED) is 0.787. The van der Waals surface area contributed by atoms with E-state index in [1.54, 1.807) is 6.07 Å². The molecule has 0 amide bonds. The molecule has 0 saturated carbocycles. The van der Waals surface area contributed by atoms with Crippen molar-refractivity contribution in [1.82, 2.24) is 14.5 Å². The summed E-state index contributed by atoms with van der Waals surface area (Å²) in [5.74, 6) is 1.36. The normalized spacial score (nSPS) is 11.1. The Bertz CT molecular complexity index is 748. The number of nitrogen functional groups attached to an aromatic ring is 1. The van der Waals surface area contributed by atoms with E-state index in [1.807, 2.05) is 24.3 Å². The first-order valence-electron chi connectivity index (χ1n) is 6.07. The van der Waals surface area contributed by atoms with Crippen molar-refractivity contribution in [1.29, 1.82) is 0 Å². The van der Waals surface area contributed by atoms with E-state index >= 15 is 0 Å². The molecule has 0 atom stereocenters. The van der Waals surface area contributed by atoms with Gasteiger partial charge in [0, 0.05) is 11.0 Å². The van der Waals surface area contributed by atoms with E-state index in [9.17, 15) is 0 Å². The molecule has 1 aromatic carbocycles. The van der Waals surface area contributed by atoms with Crippen LogP contribution >= 0.6 is 15.9 Å². The number of rotatable bonds is 2. The summed E-state index contributed by atoms with van der Waals surface area (Å²) >= 11 is 3.47. The molecule has 5 heteroatoms. The maximum absolute atomic E-state index is 5.75. The number of nitrogens with zero attached hydrogens (tertiary/aromatic N) is 3. The third kappa shape index (κ3) is 2.10. The van der Waals surface area contributed by atoms with E-state index in [1.165, 1.54) is 0 Å². The summed E-state index contributed by atoms with van der Waals surface area (Å²) in [6, 6.07) is 11.7. The van der Waals surface area contributed by atoms with Gasteiger partial charge in [-0.2, -0.15) is 0 Å². The van der Waals surface area contributed by atoms with Crippen molar-refractivity contribution in [2.75, 3.05) is 5.73 Å². The van der Waals surface area contributed by atoms with Gasteiger partial charge in [-0.05, 0) is 37.3 Å². The first-order chi connectivity index (χ1) is 9.19. The zero-order valence-electron chi connectivity index (χ0n) is 10.5. The van der Waals surface area contributed by atoms with Crippen molar-refractivity contribution in [3.05, 3.63) is 40.9 Å². The summed E-state index contributed by atoms with van der Waals surface area (Å²) in [6.45, 7) is 2.93. The minimum absolute atomic E-state index is 0.508. The molecule has 3 rings (SSSR count). The summed E-state index contributed by atoms with van der Waals surface area (Å²) in [5, 5.41) is 0. The zero-order chi connectivity index (χ0) is 13.4. The average Bonchev–Trinajstić information content (AvgIpc) is 2.76. The highest BCUT2D eigenvalue weighted by Gasteiger charge is 2.12. The summed E-state index contributed by atoms with van der Waals surface area (Å²) in [7, 11) is 0. The molecule has 0 bridgehead atoms. The Morgan fingerprint density at radius 1 is 1.21 bits per heavy atom. The van der Waals surface area contributed by atoms with Crippen LogP contribution in [0, 0.1) is 0 Å². The van der Waals surface area contributed by atoms with Crippen LogP contribution in [0.3, 0.4) is 0 Å². The fourth-order valence-electron chi connectivity index (χ4n) is 2.19. The van der Waals surface area contributed by atoms with Crippen LogP contribution in [-0.2, 0) is 6.54 Å². The molecular formula is C14H13BrN4. The molecule has 0 spiro atoms. The first kappa shape index (κ1) is 12.2. The van der Waals surface area contributed by atoms with Crippen LogP contribution in [0.4, 0.5) is 5.82 Å². The minimum atomic E-state index is 0.508. The standard InChI is InChI=1S/C14H13BrN4/c1-2-19-12-7-6-9(15)8-11(12)18-14(19)10-4-3-5-13(16)17-10/h3-8H,2H2,1H3,(H2,16,17). The smallest absolute Gasteiger partial charge is 0.159 e. The van der Waals surface area contributed by atoms with Gasteiger partial charge in [-0.25, -0.2) is 9.97 Å². The van der Waals surface area contributed by atoms with Gasteiger partial charge in [0.15, 0.2) is 5.82 Å². The van der Waals surface area contributed by atoms with Crippen molar-refractivity contribution in [2.45, 2.75) is 13.5 Å². The summed E-state index contributed by atoms with van der Waals surface area (Å²) in [5.41, 5.74) is 8.61. The number of pyridine rings is 1. The van der Waals surface area contributed by atoms with Crippen LogP contribution in [0.1, 0.15) is 6.92 Å². The number of aromatic nitrogens is 3. The van der Waals surface area contributed by atoms with Gasteiger partial charge in [-0.15, -0.1) is 0 Å². The fourth-order valence-corrected chi connectivity index (χ4v) is 2.54. The molecular weight excluding hydrogens is 304 g/mol. The Hall–Kier alpha value is -1.88. The van der Waals surface area contributed by atoms with Crippen molar-refractivity contribution in [3.63, 3.8) is 0 Å². The number of halogens is 1. The van der Waals surface area contributed by atoms with E-state index in [2.05, 4.69) is 43.5 Å². The fraction of sp³-hybridized carbons (Fsp3) is 0.143. The summed E-state index contributed by atoms with van der Waals surface area (Å²) in [6.07, 6.45) is 0. The predicted octanol–water partition coefficient (Wildman–Crippen LogP) is 3.46. The maximum atomic E-state index is 5.75. The van der Waals surface area contributed by atoms with Crippen LogP contribution in [0.15, 0.2) is 40.9 Å². The lowest BCUT2D eigenvalue weighted by Gasteiger charge is -2.05. The van der Waals surface area contributed by atoms with Crippen molar-refractivity contribution in [3.8, 4) is 11.5 Å². The van der Waals surface area contributed by atoms with E-state index in [-0.39, 0.29) is 0 Å². The Balaban J connectivity index is 2.28. The summed E-state index contributed by atoms with van der Waals surface area (Å²) < 4.78 is 3.16.